The lowest BCUT2D eigenvalue weighted by Crippen LogP contribution is -2.54. The fraction of sp³-hybridized carbons (Fsp3) is 0.970. The molecule has 4 aliphatic carbocycles. The van der Waals surface area contributed by atoms with Gasteiger partial charge >= 0.3 is 5.97 Å². The molecule has 0 aromatic rings. The van der Waals surface area contributed by atoms with Crippen LogP contribution >= 0.6 is 0 Å². The Kier molecular flexibility index (Phi) is 9.95. The second-order valence-corrected chi connectivity index (χ2v) is 14.4. The summed E-state index contributed by atoms with van der Waals surface area (Å²) in [5.41, 5.74) is 0.849. The number of carbonyl (C=O) groups excluding carboxylic acids is 1. The van der Waals surface area contributed by atoms with Gasteiger partial charge in [0.2, 0.25) is 0 Å². The van der Waals surface area contributed by atoms with Crippen molar-refractivity contribution in [1.82, 2.24) is 0 Å². The zero-order valence-electron chi connectivity index (χ0n) is 25.5. The number of ether oxygens (including phenoxy) is 2. The molecule has 0 bridgehead atoms. The second-order valence-electron chi connectivity index (χ2n) is 14.4. The van der Waals surface area contributed by atoms with E-state index < -0.39 is 0 Å². The third-order valence-corrected chi connectivity index (χ3v) is 12.7. The number of carbonyl (C=O) groups is 1. The average Bonchev–Trinajstić information content (AvgIpc) is 3.26. The number of fused-ring (bicyclic) bond motifs is 5. The van der Waals surface area contributed by atoms with Gasteiger partial charge in [0.15, 0.2) is 0 Å². The molecule has 0 amide bonds. The highest BCUT2D eigenvalue weighted by Gasteiger charge is 2.60. The maximum Gasteiger partial charge on any atom is 0.308 e. The minimum Gasteiger partial charge on any atom is -0.462 e. The standard InChI is InChI=1S/C33H58O5/c1-8-21(3)31(34)37-25-16-18-32(6)24(20-25)11-12-26-28-14-13-27(33(28,7)19-17-29(26)32)22(4)10-15-30(38-35)23(5)36-9-2/h21-30,35H,8-20H2,1-7H3. The van der Waals surface area contributed by atoms with Crippen molar-refractivity contribution in [1.29, 1.82) is 0 Å². The van der Waals surface area contributed by atoms with Gasteiger partial charge in [-0.05, 0) is 137 Å². The Bertz CT molecular complexity index is 785. The molecule has 38 heavy (non-hydrogen) atoms. The fourth-order valence-corrected chi connectivity index (χ4v) is 10.1. The van der Waals surface area contributed by atoms with Crippen LogP contribution in [-0.4, -0.2) is 36.1 Å². The summed E-state index contributed by atoms with van der Waals surface area (Å²) in [5, 5.41) is 9.48. The van der Waals surface area contributed by atoms with Gasteiger partial charge in [-0.3, -0.25) is 10.1 Å². The predicted octanol–water partition coefficient (Wildman–Crippen LogP) is 8.30. The van der Waals surface area contributed by atoms with E-state index in [0.29, 0.717) is 29.3 Å². The van der Waals surface area contributed by atoms with Crippen molar-refractivity contribution in [2.24, 2.45) is 52.3 Å². The first-order chi connectivity index (χ1) is 18.1. The number of hydrogen-bond donors (Lipinski definition) is 1. The van der Waals surface area contributed by atoms with Gasteiger partial charge in [0.05, 0.1) is 12.0 Å². The molecule has 0 aromatic carbocycles. The van der Waals surface area contributed by atoms with E-state index in [4.69, 9.17) is 14.4 Å². The lowest BCUT2D eigenvalue weighted by atomic mass is 9.44. The first-order valence-electron chi connectivity index (χ1n) is 16.2. The molecule has 0 spiro atoms. The Hall–Kier alpha value is -0.650. The van der Waals surface area contributed by atoms with Gasteiger partial charge in [-0.2, -0.15) is 0 Å². The molecule has 12 unspecified atom stereocenters. The molecule has 0 aromatic heterocycles. The zero-order valence-corrected chi connectivity index (χ0v) is 25.5. The van der Waals surface area contributed by atoms with E-state index in [9.17, 15) is 10.1 Å². The largest absolute Gasteiger partial charge is 0.462 e. The zero-order chi connectivity index (χ0) is 27.7. The molecule has 1 N–H and O–H groups in total. The third-order valence-electron chi connectivity index (χ3n) is 12.7. The Labute approximate surface area is 233 Å². The summed E-state index contributed by atoms with van der Waals surface area (Å²) in [7, 11) is 0. The maximum atomic E-state index is 12.5. The fourth-order valence-electron chi connectivity index (χ4n) is 10.1. The van der Waals surface area contributed by atoms with Crippen LogP contribution in [0.3, 0.4) is 0 Å². The third kappa shape index (κ3) is 5.73. The summed E-state index contributed by atoms with van der Waals surface area (Å²) in [6, 6.07) is 0. The smallest absolute Gasteiger partial charge is 0.308 e. The highest BCUT2D eigenvalue weighted by Crippen LogP contribution is 2.68. The average molecular weight is 535 g/mol. The Morgan fingerprint density at radius 1 is 0.921 bits per heavy atom. The first kappa shape index (κ1) is 30.3. The molecule has 5 nitrogen and oxygen atoms in total. The quantitative estimate of drug-likeness (QED) is 0.164. The summed E-state index contributed by atoms with van der Waals surface area (Å²) in [6.07, 6.45) is 14.1. The van der Waals surface area contributed by atoms with Crippen LogP contribution in [-0.2, 0) is 19.2 Å². The molecule has 0 saturated heterocycles. The van der Waals surface area contributed by atoms with Gasteiger partial charge < -0.3 is 9.47 Å². The van der Waals surface area contributed by atoms with E-state index in [0.717, 1.165) is 55.8 Å². The predicted molar refractivity (Wildman–Crippen MR) is 152 cm³/mol. The van der Waals surface area contributed by atoms with Crippen LogP contribution in [0.5, 0.6) is 0 Å². The normalized spacial score (nSPS) is 41.8. The molecule has 12 atom stereocenters. The van der Waals surface area contributed by atoms with Gasteiger partial charge in [-0.25, -0.2) is 4.89 Å². The molecule has 4 rings (SSSR count). The van der Waals surface area contributed by atoms with Gasteiger partial charge in [0, 0.05) is 6.61 Å². The molecule has 0 radical (unpaired) electrons. The molecule has 4 saturated carbocycles. The second kappa shape index (κ2) is 12.5. The van der Waals surface area contributed by atoms with E-state index in [2.05, 4.69) is 27.7 Å². The van der Waals surface area contributed by atoms with Crippen molar-refractivity contribution in [2.75, 3.05) is 6.61 Å². The van der Waals surface area contributed by atoms with E-state index >= 15 is 0 Å². The summed E-state index contributed by atoms with van der Waals surface area (Å²) in [5.74, 6) is 4.67. The van der Waals surface area contributed by atoms with Crippen LogP contribution in [0.25, 0.3) is 0 Å². The Morgan fingerprint density at radius 3 is 2.32 bits per heavy atom. The van der Waals surface area contributed by atoms with Gasteiger partial charge in [-0.1, -0.05) is 34.6 Å². The highest BCUT2D eigenvalue weighted by molar-refractivity contribution is 5.72. The molecule has 0 aliphatic heterocycles. The van der Waals surface area contributed by atoms with Crippen molar-refractivity contribution >= 4 is 5.97 Å². The monoisotopic (exact) mass is 534 g/mol. The Morgan fingerprint density at radius 2 is 1.63 bits per heavy atom. The highest BCUT2D eigenvalue weighted by atomic mass is 17.1. The van der Waals surface area contributed by atoms with Gasteiger partial charge in [-0.15, -0.1) is 0 Å². The van der Waals surface area contributed by atoms with Crippen molar-refractivity contribution in [3.8, 4) is 0 Å². The molecule has 4 fully saturated rings. The van der Waals surface area contributed by atoms with E-state index in [1.54, 1.807) is 0 Å². The van der Waals surface area contributed by atoms with Crippen molar-refractivity contribution < 1.29 is 24.4 Å². The SMILES string of the molecule is CCOC(C)C(CCC(C)C1CCC2C3CCC4CC(OC(=O)C(C)CC)CCC4(C)C3CCC12C)OO. The summed E-state index contributed by atoms with van der Waals surface area (Å²) >= 11 is 0. The molecule has 0 heterocycles. The minimum atomic E-state index is -0.243. The van der Waals surface area contributed by atoms with Crippen molar-refractivity contribution in [3.63, 3.8) is 0 Å². The topological polar surface area (TPSA) is 65.0 Å². The van der Waals surface area contributed by atoms with Crippen LogP contribution in [0, 0.1) is 52.3 Å². The Balaban J connectivity index is 1.37. The van der Waals surface area contributed by atoms with E-state index in [1.165, 1.54) is 44.9 Å². The van der Waals surface area contributed by atoms with Gasteiger partial charge in [0.25, 0.3) is 0 Å². The lowest BCUT2D eigenvalue weighted by molar-refractivity contribution is -0.300. The maximum absolute atomic E-state index is 12.5. The molecule has 5 heteroatoms. The van der Waals surface area contributed by atoms with Crippen LogP contribution < -0.4 is 0 Å². The summed E-state index contributed by atoms with van der Waals surface area (Å²) < 4.78 is 11.7. The van der Waals surface area contributed by atoms with Crippen LogP contribution in [0.2, 0.25) is 0 Å². The van der Waals surface area contributed by atoms with Crippen LogP contribution in [0.15, 0.2) is 0 Å². The van der Waals surface area contributed by atoms with Crippen LogP contribution in [0.1, 0.15) is 126 Å². The first-order valence-corrected chi connectivity index (χ1v) is 16.2. The van der Waals surface area contributed by atoms with Crippen molar-refractivity contribution in [3.05, 3.63) is 0 Å². The van der Waals surface area contributed by atoms with Gasteiger partial charge in [0.1, 0.15) is 12.2 Å². The van der Waals surface area contributed by atoms with Crippen molar-refractivity contribution in [2.45, 2.75) is 144 Å². The number of hydrogen-bond acceptors (Lipinski definition) is 5. The molecular weight excluding hydrogens is 476 g/mol. The van der Waals surface area contributed by atoms with E-state index in [-0.39, 0.29) is 30.2 Å². The molecular formula is C33H58O5. The van der Waals surface area contributed by atoms with E-state index in [1.807, 2.05) is 20.8 Å². The molecule has 220 valence electrons. The van der Waals surface area contributed by atoms with Crippen LogP contribution in [0.4, 0.5) is 0 Å². The lowest BCUT2D eigenvalue weighted by Gasteiger charge is -2.61. The summed E-state index contributed by atoms with van der Waals surface area (Å²) in [4.78, 5) is 17.3. The molecule has 4 aliphatic rings. The summed E-state index contributed by atoms with van der Waals surface area (Å²) in [6.45, 7) is 16.4. The number of rotatable bonds is 11. The minimum absolute atomic E-state index is 0.0126. The number of esters is 1.